The van der Waals surface area contributed by atoms with E-state index < -0.39 is 5.97 Å². The molecular weight excluding hydrogens is 504 g/mol. The van der Waals surface area contributed by atoms with Crippen LogP contribution < -0.4 is 11.1 Å². The van der Waals surface area contributed by atoms with Crippen LogP contribution in [0.25, 0.3) is 22.4 Å². The Bertz CT molecular complexity index is 1530. The Balaban J connectivity index is 1.27. The first kappa shape index (κ1) is 25.7. The van der Waals surface area contributed by atoms with E-state index in [1.807, 2.05) is 28.8 Å². The van der Waals surface area contributed by atoms with Gasteiger partial charge in [0.15, 0.2) is 5.69 Å². The zero-order valence-electron chi connectivity index (χ0n) is 23.2. The van der Waals surface area contributed by atoms with Crippen LogP contribution in [0.1, 0.15) is 70.3 Å². The molecule has 4 unspecified atom stereocenters. The van der Waals surface area contributed by atoms with Crippen LogP contribution in [0.3, 0.4) is 0 Å². The third-order valence-electron chi connectivity index (χ3n) is 10.3. The van der Waals surface area contributed by atoms with Crippen molar-refractivity contribution in [2.75, 3.05) is 7.11 Å². The minimum Gasteiger partial charge on any atom is -0.468 e. The van der Waals surface area contributed by atoms with Crippen LogP contribution in [-0.4, -0.2) is 50.2 Å². The molecule has 0 N–H and O–H groups in total. The first-order valence-electron chi connectivity index (χ1n) is 15.1. The summed E-state index contributed by atoms with van der Waals surface area (Å²) < 4.78 is 8.07. The second kappa shape index (κ2) is 10.3. The first-order chi connectivity index (χ1) is 19.5. The number of fused-ring (bicyclic) bond motifs is 5. The second-order valence-electron chi connectivity index (χ2n) is 12.5. The summed E-state index contributed by atoms with van der Waals surface area (Å²) in [5, 5.41) is 0. The van der Waals surface area contributed by atoms with Gasteiger partial charge in [0.05, 0.1) is 23.8 Å². The van der Waals surface area contributed by atoms with Gasteiger partial charge >= 0.3 is 5.97 Å². The zero-order chi connectivity index (χ0) is 27.4. The van der Waals surface area contributed by atoms with Gasteiger partial charge in [-0.15, -0.1) is 0 Å². The minimum absolute atomic E-state index is 0.0699. The molecule has 4 atom stereocenters. The van der Waals surface area contributed by atoms with E-state index in [1.54, 1.807) is 12.1 Å². The third-order valence-corrected chi connectivity index (χ3v) is 10.3. The van der Waals surface area contributed by atoms with Gasteiger partial charge in [0.2, 0.25) is 0 Å². The molecule has 2 aromatic heterocycles. The highest BCUT2D eigenvalue weighted by Gasteiger charge is 2.47. The van der Waals surface area contributed by atoms with Gasteiger partial charge in [0.25, 0.3) is 11.1 Å². The molecule has 4 bridgehead atoms. The molecule has 4 aliphatic rings. The van der Waals surface area contributed by atoms with Gasteiger partial charge in [0, 0.05) is 30.2 Å². The number of piperidine rings is 1. The maximum absolute atomic E-state index is 14.3. The maximum Gasteiger partial charge on any atom is 0.325 e. The highest BCUT2D eigenvalue weighted by atomic mass is 16.5. The fourth-order valence-corrected chi connectivity index (χ4v) is 8.70. The molecule has 7 rings (SSSR count). The number of nitrogens with zero attached hydrogens (tertiary/aromatic N) is 4. The van der Waals surface area contributed by atoms with Gasteiger partial charge in [-0.3, -0.25) is 23.9 Å². The van der Waals surface area contributed by atoms with E-state index in [-0.39, 0.29) is 29.4 Å². The summed E-state index contributed by atoms with van der Waals surface area (Å²) >= 11 is 0. The molecule has 2 aliphatic carbocycles. The minimum atomic E-state index is -0.550. The molecule has 2 saturated carbocycles. The van der Waals surface area contributed by atoms with Crippen LogP contribution in [0.5, 0.6) is 0 Å². The van der Waals surface area contributed by atoms with Crippen LogP contribution in [-0.2, 0) is 16.1 Å². The number of carbonyl (C=O) groups is 1. The molecule has 0 radical (unpaired) electrons. The Morgan fingerprint density at radius 2 is 1.57 bits per heavy atom. The predicted molar refractivity (Wildman–Crippen MR) is 153 cm³/mol. The summed E-state index contributed by atoms with van der Waals surface area (Å²) in [5.74, 6) is 1.25. The molecule has 8 heteroatoms. The summed E-state index contributed by atoms with van der Waals surface area (Å²) in [7, 11) is 1.29. The summed E-state index contributed by atoms with van der Waals surface area (Å²) in [6.07, 6.45) is 12.7. The first-order valence-corrected chi connectivity index (χ1v) is 15.1. The van der Waals surface area contributed by atoms with Crippen molar-refractivity contribution in [3.05, 3.63) is 63.2 Å². The van der Waals surface area contributed by atoms with Crippen LogP contribution >= 0.6 is 0 Å². The number of methoxy groups -OCH3 is 1. The molecule has 40 heavy (non-hydrogen) atoms. The molecule has 8 nitrogen and oxygen atoms in total. The molecule has 0 amide bonds. The van der Waals surface area contributed by atoms with Crippen molar-refractivity contribution >= 4 is 17.0 Å². The van der Waals surface area contributed by atoms with Gasteiger partial charge in [-0.05, 0) is 75.0 Å². The summed E-state index contributed by atoms with van der Waals surface area (Å²) in [5.41, 5.74) is 1.53. The maximum atomic E-state index is 14.3. The Labute approximate surface area is 234 Å². The smallest absolute Gasteiger partial charge is 0.325 e. The van der Waals surface area contributed by atoms with Gasteiger partial charge < -0.3 is 9.30 Å². The lowest BCUT2D eigenvalue weighted by atomic mass is 9.69. The molecule has 0 spiro atoms. The molecule has 4 fully saturated rings. The van der Waals surface area contributed by atoms with E-state index in [2.05, 4.69) is 4.90 Å². The average Bonchev–Trinajstić information content (AvgIpc) is 3.23. The number of benzene rings is 1. The number of rotatable bonds is 5. The summed E-state index contributed by atoms with van der Waals surface area (Å²) in [6.45, 7) is -0.272. The van der Waals surface area contributed by atoms with E-state index in [0.29, 0.717) is 29.3 Å². The molecular formula is C32H38N4O4. The quantitative estimate of drug-likeness (QED) is 0.440. The number of ether oxygens (including phenoxy) is 1. The lowest BCUT2D eigenvalue weighted by Crippen LogP contribution is -2.52. The Morgan fingerprint density at radius 1 is 0.850 bits per heavy atom. The number of pyridine rings is 1. The third kappa shape index (κ3) is 4.41. The Kier molecular flexibility index (Phi) is 6.61. The van der Waals surface area contributed by atoms with Crippen molar-refractivity contribution in [1.82, 2.24) is 19.0 Å². The summed E-state index contributed by atoms with van der Waals surface area (Å²) in [6, 6.07) is 14.3. The normalized spacial score (nSPS) is 29.9. The largest absolute Gasteiger partial charge is 0.468 e. The van der Waals surface area contributed by atoms with E-state index in [9.17, 15) is 14.4 Å². The van der Waals surface area contributed by atoms with Crippen LogP contribution in [0.15, 0.2) is 52.1 Å². The zero-order valence-corrected chi connectivity index (χ0v) is 23.2. The van der Waals surface area contributed by atoms with Crippen molar-refractivity contribution in [2.24, 2.45) is 11.8 Å². The fourth-order valence-electron chi connectivity index (χ4n) is 8.70. The van der Waals surface area contributed by atoms with Crippen LogP contribution in [0.4, 0.5) is 0 Å². The number of hydrogen-bond donors (Lipinski definition) is 0. The van der Waals surface area contributed by atoms with E-state index >= 15 is 0 Å². The van der Waals surface area contributed by atoms with Crippen LogP contribution in [0.2, 0.25) is 0 Å². The number of para-hydroxylation sites is 2. The SMILES string of the molecule is COC(=O)Cn1c(-c2nc3ccccc3n(C3CC4CCC(C3)N4C3CC4CCCC(C4)C3)c2=O)cccc1=O. The van der Waals surface area contributed by atoms with Gasteiger partial charge in [-0.1, -0.05) is 37.5 Å². The molecule has 2 saturated heterocycles. The summed E-state index contributed by atoms with van der Waals surface area (Å²) in [4.78, 5) is 46.9. The standard InChI is InChI=1S/C32H38N4O4/c1-40-30(38)19-34-28(10-5-11-29(34)37)31-32(39)36(27-9-3-2-8-26(27)33-31)25-17-22-12-13-23(18-25)35(22)24-15-20-6-4-7-21(14-20)16-24/h2-3,5,8-11,20-25H,4,6-7,12-19H2,1H3. The predicted octanol–water partition coefficient (Wildman–Crippen LogP) is 4.53. The Morgan fingerprint density at radius 3 is 2.30 bits per heavy atom. The molecule has 1 aromatic carbocycles. The lowest BCUT2D eigenvalue weighted by Gasteiger charge is -2.49. The number of esters is 1. The van der Waals surface area contributed by atoms with Crippen LogP contribution in [0, 0.1) is 11.8 Å². The fraction of sp³-hybridized carbons (Fsp3) is 0.562. The topological polar surface area (TPSA) is 86.4 Å². The van der Waals surface area contributed by atoms with Gasteiger partial charge in [-0.25, -0.2) is 4.98 Å². The van der Waals surface area contributed by atoms with Crippen molar-refractivity contribution in [3.63, 3.8) is 0 Å². The van der Waals surface area contributed by atoms with Crippen molar-refractivity contribution < 1.29 is 9.53 Å². The monoisotopic (exact) mass is 542 g/mol. The number of carbonyl (C=O) groups excluding carboxylic acids is 1. The molecule has 210 valence electrons. The van der Waals surface area contributed by atoms with Crippen molar-refractivity contribution in [1.29, 1.82) is 0 Å². The van der Waals surface area contributed by atoms with E-state index in [0.717, 1.165) is 30.2 Å². The van der Waals surface area contributed by atoms with Gasteiger partial charge in [-0.2, -0.15) is 0 Å². The average molecular weight is 543 g/mol. The van der Waals surface area contributed by atoms with Crippen molar-refractivity contribution in [2.45, 2.75) is 94.9 Å². The van der Waals surface area contributed by atoms with Crippen molar-refractivity contribution in [3.8, 4) is 11.4 Å². The highest BCUT2D eigenvalue weighted by molar-refractivity contribution is 5.78. The molecule has 4 heterocycles. The number of aromatic nitrogens is 3. The van der Waals surface area contributed by atoms with Gasteiger partial charge in [0.1, 0.15) is 6.54 Å². The van der Waals surface area contributed by atoms with E-state index in [1.165, 1.54) is 69.1 Å². The molecule has 3 aromatic rings. The number of hydrogen-bond acceptors (Lipinski definition) is 6. The lowest BCUT2D eigenvalue weighted by molar-refractivity contribution is -0.141. The molecule has 2 aliphatic heterocycles. The van der Waals surface area contributed by atoms with E-state index in [4.69, 9.17) is 9.72 Å². The second-order valence-corrected chi connectivity index (χ2v) is 12.5. The Hall–Kier alpha value is -3.26. The highest BCUT2D eigenvalue weighted by Crippen LogP contribution is 2.48.